The molecule has 0 amide bonds. The first kappa shape index (κ1) is 14.8. The monoisotopic (exact) mass is 287 g/mol. The average Bonchev–Trinajstić information content (AvgIpc) is 2.48. The van der Waals surface area contributed by atoms with Crippen LogP contribution >= 0.6 is 0 Å². The number of hydrogen-bond acceptors (Lipinski definition) is 5. The second kappa shape index (κ2) is 6.69. The molecule has 0 saturated heterocycles. The van der Waals surface area contributed by atoms with Gasteiger partial charge in [0.1, 0.15) is 11.6 Å². The van der Waals surface area contributed by atoms with E-state index in [1.807, 2.05) is 19.1 Å². The van der Waals surface area contributed by atoms with Crippen LogP contribution in [0.3, 0.4) is 0 Å². The molecule has 21 heavy (non-hydrogen) atoms. The topological polar surface area (TPSA) is 84.3 Å². The number of carboxylic acid groups (broad SMARTS) is 1. The van der Waals surface area contributed by atoms with E-state index in [0.717, 1.165) is 17.7 Å². The number of aryl methyl sites for hydroxylation is 1. The van der Waals surface area contributed by atoms with Crippen molar-refractivity contribution in [1.29, 1.82) is 0 Å². The zero-order chi connectivity index (χ0) is 15.2. The first-order chi connectivity index (χ1) is 10.1. The minimum absolute atomic E-state index is 0.0686. The Morgan fingerprint density at radius 1 is 1.33 bits per heavy atom. The van der Waals surface area contributed by atoms with Crippen molar-refractivity contribution in [2.45, 2.75) is 13.3 Å². The molecule has 6 heteroatoms. The summed E-state index contributed by atoms with van der Waals surface area (Å²) >= 11 is 0. The van der Waals surface area contributed by atoms with Gasteiger partial charge in [0.15, 0.2) is 5.69 Å². The Bertz CT molecular complexity index is 627. The lowest BCUT2D eigenvalue weighted by molar-refractivity contribution is 0.0690. The molecule has 0 radical (unpaired) electrons. The summed E-state index contributed by atoms with van der Waals surface area (Å²) in [6.45, 7) is 2.69. The number of nitrogens with one attached hydrogen (secondary N) is 1. The molecule has 6 nitrogen and oxygen atoms in total. The lowest BCUT2D eigenvalue weighted by Gasteiger charge is -2.10. The summed E-state index contributed by atoms with van der Waals surface area (Å²) in [5.41, 5.74) is 2.22. The van der Waals surface area contributed by atoms with Crippen molar-refractivity contribution < 1.29 is 14.6 Å². The smallest absolute Gasteiger partial charge is 0.356 e. The Morgan fingerprint density at radius 2 is 2.14 bits per heavy atom. The van der Waals surface area contributed by atoms with Crippen LogP contribution in [0.2, 0.25) is 0 Å². The fourth-order valence-corrected chi connectivity index (χ4v) is 1.96. The highest BCUT2D eigenvalue weighted by Crippen LogP contribution is 2.20. The van der Waals surface area contributed by atoms with Crippen molar-refractivity contribution in [1.82, 2.24) is 9.97 Å². The van der Waals surface area contributed by atoms with Crippen LogP contribution < -0.4 is 10.1 Å². The summed E-state index contributed by atoms with van der Waals surface area (Å²) in [4.78, 5) is 18.5. The zero-order valence-corrected chi connectivity index (χ0v) is 12.0. The standard InChI is InChI=1S/C15H17N3O3/c1-10-3-4-13(21-2)11(7-10)5-6-16-14-9-17-12(8-18-14)15(19)20/h3-4,7-9H,5-6H2,1-2H3,(H,16,18)(H,19,20). The lowest BCUT2D eigenvalue weighted by atomic mass is 10.1. The Morgan fingerprint density at radius 3 is 2.76 bits per heavy atom. The molecule has 0 aliphatic heterocycles. The van der Waals surface area contributed by atoms with Crippen molar-refractivity contribution >= 4 is 11.8 Å². The van der Waals surface area contributed by atoms with Crippen LogP contribution in [0, 0.1) is 6.92 Å². The average molecular weight is 287 g/mol. The Labute approximate surface area is 122 Å². The van der Waals surface area contributed by atoms with Crippen molar-refractivity contribution in [2.75, 3.05) is 19.0 Å². The van der Waals surface area contributed by atoms with Crippen molar-refractivity contribution in [3.63, 3.8) is 0 Å². The largest absolute Gasteiger partial charge is 0.496 e. The molecule has 0 aliphatic rings. The SMILES string of the molecule is COc1ccc(C)cc1CCNc1cnc(C(=O)O)cn1. The first-order valence-corrected chi connectivity index (χ1v) is 6.53. The molecule has 0 atom stereocenters. The van der Waals surface area contributed by atoms with E-state index in [1.165, 1.54) is 18.0 Å². The molecule has 0 unspecified atom stereocenters. The zero-order valence-electron chi connectivity index (χ0n) is 12.0. The minimum atomic E-state index is -1.08. The first-order valence-electron chi connectivity index (χ1n) is 6.53. The second-order valence-electron chi connectivity index (χ2n) is 4.58. The number of ether oxygens (including phenoxy) is 1. The minimum Gasteiger partial charge on any atom is -0.496 e. The van der Waals surface area contributed by atoms with E-state index in [9.17, 15) is 4.79 Å². The van der Waals surface area contributed by atoms with Gasteiger partial charge in [-0.15, -0.1) is 0 Å². The molecule has 1 heterocycles. The van der Waals surface area contributed by atoms with Gasteiger partial charge in [-0.3, -0.25) is 0 Å². The van der Waals surface area contributed by atoms with Crippen LogP contribution in [0.5, 0.6) is 5.75 Å². The van der Waals surface area contributed by atoms with Gasteiger partial charge in [-0.05, 0) is 25.0 Å². The molecule has 0 saturated carbocycles. The van der Waals surface area contributed by atoms with Gasteiger partial charge in [-0.1, -0.05) is 17.7 Å². The Kier molecular flexibility index (Phi) is 4.71. The van der Waals surface area contributed by atoms with Crippen molar-refractivity contribution in [3.05, 3.63) is 47.4 Å². The number of methoxy groups -OCH3 is 1. The lowest BCUT2D eigenvalue weighted by Crippen LogP contribution is -2.09. The fraction of sp³-hybridized carbons (Fsp3) is 0.267. The van der Waals surface area contributed by atoms with E-state index in [-0.39, 0.29) is 5.69 Å². The van der Waals surface area contributed by atoms with E-state index in [2.05, 4.69) is 21.4 Å². The van der Waals surface area contributed by atoms with E-state index in [0.29, 0.717) is 12.4 Å². The van der Waals surface area contributed by atoms with E-state index in [1.54, 1.807) is 7.11 Å². The third-order valence-electron chi connectivity index (χ3n) is 3.01. The molecule has 110 valence electrons. The maximum absolute atomic E-state index is 10.7. The van der Waals surface area contributed by atoms with Crippen LogP contribution in [0.25, 0.3) is 0 Å². The molecule has 0 spiro atoms. The van der Waals surface area contributed by atoms with E-state index < -0.39 is 5.97 Å². The molecule has 2 aromatic rings. The summed E-state index contributed by atoms with van der Waals surface area (Å²) in [6.07, 6.45) is 3.42. The van der Waals surface area contributed by atoms with E-state index >= 15 is 0 Å². The molecule has 1 aromatic carbocycles. The quantitative estimate of drug-likeness (QED) is 0.847. The number of aromatic nitrogens is 2. The highest BCUT2D eigenvalue weighted by molar-refractivity contribution is 5.84. The summed E-state index contributed by atoms with van der Waals surface area (Å²) < 4.78 is 5.32. The molecule has 2 N–H and O–H groups in total. The number of carbonyl (C=O) groups is 1. The normalized spacial score (nSPS) is 10.2. The molecule has 0 aliphatic carbocycles. The van der Waals surface area contributed by atoms with Gasteiger partial charge in [0.05, 0.1) is 19.5 Å². The van der Waals surface area contributed by atoms with Gasteiger partial charge in [-0.25, -0.2) is 14.8 Å². The predicted octanol–water partition coefficient (Wildman–Crippen LogP) is 2.15. The summed E-state index contributed by atoms with van der Waals surface area (Å²) in [6, 6.07) is 6.04. The van der Waals surface area contributed by atoms with Gasteiger partial charge in [0, 0.05) is 6.54 Å². The molecule has 1 aromatic heterocycles. The summed E-state index contributed by atoms with van der Waals surface area (Å²) in [5, 5.41) is 11.9. The summed E-state index contributed by atoms with van der Waals surface area (Å²) in [7, 11) is 1.65. The predicted molar refractivity (Wildman–Crippen MR) is 78.9 cm³/mol. The van der Waals surface area contributed by atoms with Gasteiger partial charge in [-0.2, -0.15) is 0 Å². The van der Waals surface area contributed by atoms with Crippen molar-refractivity contribution in [3.8, 4) is 5.75 Å². The summed E-state index contributed by atoms with van der Waals surface area (Å²) in [5.74, 6) is 0.319. The number of anilines is 1. The number of aromatic carboxylic acids is 1. The van der Waals surface area contributed by atoms with Gasteiger partial charge in [0.2, 0.25) is 0 Å². The van der Waals surface area contributed by atoms with Gasteiger partial charge in [0.25, 0.3) is 0 Å². The Hall–Kier alpha value is -2.63. The van der Waals surface area contributed by atoms with Crippen LogP contribution in [-0.4, -0.2) is 34.7 Å². The van der Waals surface area contributed by atoms with Gasteiger partial charge < -0.3 is 15.2 Å². The number of benzene rings is 1. The third-order valence-corrected chi connectivity index (χ3v) is 3.01. The highest BCUT2D eigenvalue weighted by atomic mass is 16.5. The molecule has 0 bridgehead atoms. The van der Waals surface area contributed by atoms with Crippen LogP contribution in [0.1, 0.15) is 21.6 Å². The molecule has 0 fully saturated rings. The fourth-order valence-electron chi connectivity index (χ4n) is 1.96. The van der Waals surface area contributed by atoms with Crippen LogP contribution in [0.15, 0.2) is 30.6 Å². The molecule has 2 rings (SSSR count). The molecular weight excluding hydrogens is 270 g/mol. The van der Waals surface area contributed by atoms with Gasteiger partial charge >= 0.3 is 5.97 Å². The number of nitrogens with zero attached hydrogens (tertiary/aromatic N) is 2. The number of hydrogen-bond donors (Lipinski definition) is 2. The second-order valence-corrected chi connectivity index (χ2v) is 4.58. The van der Waals surface area contributed by atoms with Crippen LogP contribution in [0.4, 0.5) is 5.82 Å². The number of carboxylic acids is 1. The third kappa shape index (κ3) is 3.92. The maximum Gasteiger partial charge on any atom is 0.356 e. The number of rotatable bonds is 6. The maximum atomic E-state index is 10.7. The van der Waals surface area contributed by atoms with Crippen molar-refractivity contribution in [2.24, 2.45) is 0 Å². The molecular formula is C15H17N3O3. The van der Waals surface area contributed by atoms with Crippen LogP contribution in [-0.2, 0) is 6.42 Å². The highest BCUT2D eigenvalue weighted by Gasteiger charge is 2.06. The Balaban J connectivity index is 1.95. The van der Waals surface area contributed by atoms with E-state index in [4.69, 9.17) is 9.84 Å².